The Bertz CT molecular complexity index is 1190. The zero-order valence-electron chi connectivity index (χ0n) is 17.0. The zero-order chi connectivity index (χ0) is 20.9. The van der Waals surface area contributed by atoms with Gasteiger partial charge in [0.2, 0.25) is 0 Å². The molecule has 4 aromatic rings. The number of rotatable bonds is 6. The maximum Gasteiger partial charge on any atom is 0.267 e. The molecule has 0 saturated carbocycles. The minimum atomic E-state index is -0.112. The summed E-state index contributed by atoms with van der Waals surface area (Å²) in [5.41, 5.74) is 4.42. The molecule has 150 valence electrons. The molecule has 0 aliphatic rings. The Morgan fingerprint density at radius 1 is 0.933 bits per heavy atom. The maximum atomic E-state index is 12.1. The first-order valence-electron chi connectivity index (χ1n) is 9.91. The van der Waals surface area contributed by atoms with Crippen molar-refractivity contribution in [3.63, 3.8) is 0 Å². The Labute approximate surface area is 175 Å². The van der Waals surface area contributed by atoms with Crippen LogP contribution in [0.2, 0.25) is 0 Å². The van der Waals surface area contributed by atoms with Gasteiger partial charge >= 0.3 is 0 Å². The van der Waals surface area contributed by atoms with E-state index in [1.165, 1.54) is 4.68 Å². The fraction of sp³-hybridized carbons (Fsp3) is 0.167. The number of nitrogens with zero attached hydrogens (tertiary/aromatic N) is 4. The molecular weight excluding hydrogens is 374 g/mol. The summed E-state index contributed by atoms with van der Waals surface area (Å²) in [6.45, 7) is 4.54. The van der Waals surface area contributed by atoms with Crippen molar-refractivity contribution in [2.24, 2.45) is 0 Å². The van der Waals surface area contributed by atoms with Gasteiger partial charge in [0.1, 0.15) is 5.82 Å². The van der Waals surface area contributed by atoms with Crippen molar-refractivity contribution in [3.8, 4) is 22.5 Å². The lowest BCUT2D eigenvalue weighted by atomic mass is 10.0. The van der Waals surface area contributed by atoms with Gasteiger partial charge in [-0.25, -0.2) is 9.67 Å². The maximum absolute atomic E-state index is 12.1. The molecule has 0 aliphatic heterocycles. The van der Waals surface area contributed by atoms with Gasteiger partial charge in [-0.05, 0) is 49.7 Å². The molecule has 4 rings (SSSR count). The van der Waals surface area contributed by atoms with Crippen LogP contribution in [-0.2, 0) is 6.54 Å². The first-order chi connectivity index (χ1) is 14.6. The standard InChI is InChI=1S/C24H23N5O/c1-17(2)29-23(30)11-9-21(28-29)20-8-10-22(26-16-18-12-14-25-15-13-18)27-24(20)19-6-4-3-5-7-19/h3-15,17H,16H2,1-2H3,(H,26,27). The van der Waals surface area contributed by atoms with E-state index in [9.17, 15) is 4.79 Å². The predicted molar refractivity (Wildman–Crippen MR) is 119 cm³/mol. The van der Waals surface area contributed by atoms with E-state index in [2.05, 4.69) is 15.4 Å². The van der Waals surface area contributed by atoms with Crippen LogP contribution in [0.15, 0.2) is 83.9 Å². The Morgan fingerprint density at radius 3 is 2.43 bits per heavy atom. The molecule has 30 heavy (non-hydrogen) atoms. The number of hydrogen-bond donors (Lipinski definition) is 1. The van der Waals surface area contributed by atoms with Crippen molar-refractivity contribution in [2.45, 2.75) is 26.4 Å². The van der Waals surface area contributed by atoms with Crippen LogP contribution in [0, 0.1) is 0 Å². The monoisotopic (exact) mass is 397 g/mol. The van der Waals surface area contributed by atoms with Crippen LogP contribution in [0.25, 0.3) is 22.5 Å². The summed E-state index contributed by atoms with van der Waals surface area (Å²) in [6.07, 6.45) is 3.55. The van der Waals surface area contributed by atoms with Gasteiger partial charge in [-0.15, -0.1) is 0 Å². The molecule has 6 nitrogen and oxygen atoms in total. The van der Waals surface area contributed by atoms with Crippen molar-refractivity contribution in [1.29, 1.82) is 0 Å². The minimum absolute atomic E-state index is 0.0214. The quantitative estimate of drug-likeness (QED) is 0.516. The van der Waals surface area contributed by atoms with Gasteiger partial charge in [-0.2, -0.15) is 5.10 Å². The van der Waals surface area contributed by atoms with Crippen LogP contribution in [0.1, 0.15) is 25.5 Å². The molecule has 0 saturated heterocycles. The Morgan fingerprint density at radius 2 is 1.70 bits per heavy atom. The van der Waals surface area contributed by atoms with Gasteiger partial charge in [0, 0.05) is 36.1 Å². The van der Waals surface area contributed by atoms with Crippen molar-refractivity contribution in [3.05, 3.63) is 95.0 Å². The van der Waals surface area contributed by atoms with E-state index >= 15 is 0 Å². The fourth-order valence-electron chi connectivity index (χ4n) is 3.21. The molecule has 0 unspecified atom stereocenters. The summed E-state index contributed by atoms with van der Waals surface area (Å²) in [5.74, 6) is 0.770. The first kappa shape index (κ1) is 19.5. The van der Waals surface area contributed by atoms with Gasteiger partial charge in [0.25, 0.3) is 5.56 Å². The van der Waals surface area contributed by atoms with Crippen LogP contribution < -0.4 is 10.9 Å². The molecule has 3 aromatic heterocycles. The van der Waals surface area contributed by atoms with Crippen LogP contribution in [0.3, 0.4) is 0 Å². The summed E-state index contributed by atoms with van der Waals surface area (Å²) in [7, 11) is 0. The largest absolute Gasteiger partial charge is 0.366 e. The number of hydrogen-bond acceptors (Lipinski definition) is 5. The molecule has 0 bridgehead atoms. The van der Waals surface area contributed by atoms with Crippen molar-refractivity contribution in [2.75, 3.05) is 5.32 Å². The fourth-order valence-corrected chi connectivity index (χ4v) is 3.21. The van der Waals surface area contributed by atoms with E-state index in [4.69, 9.17) is 4.98 Å². The Kier molecular flexibility index (Phi) is 5.66. The third-order valence-electron chi connectivity index (χ3n) is 4.76. The number of anilines is 1. The highest BCUT2D eigenvalue weighted by atomic mass is 16.1. The van der Waals surface area contributed by atoms with Crippen LogP contribution in [0.5, 0.6) is 0 Å². The van der Waals surface area contributed by atoms with E-state index < -0.39 is 0 Å². The smallest absolute Gasteiger partial charge is 0.267 e. The van der Waals surface area contributed by atoms with Gasteiger partial charge < -0.3 is 5.32 Å². The second-order valence-electron chi connectivity index (χ2n) is 7.26. The number of benzene rings is 1. The highest BCUT2D eigenvalue weighted by Crippen LogP contribution is 2.30. The molecule has 0 fully saturated rings. The Balaban J connectivity index is 1.75. The summed E-state index contributed by atoms with van der Waals surface area (Å²) in [5, 5.41) is 7.96. The molecular formula is C24H23N5O. The molecule has 1 N–H and O–H groups in total. The number of aromatic nitrogens is 4. The second kappa shape index (κ2) is 8.69. The van der Waals surface area contributed by atoms with Crippen molar-refractivity contribution >= 4 is 5.82 Å². The van der Waals surface area contributed by atoms with Gasteiger partial charge in [-0.1, -0.05) is 30.3 Å². The van der Waals surface area contributed by atoms with E-state index in [0.29, 0.717) is 6.54 Å². The molecule has 1 aromatic carbocycles. The van der Waals surface area contributed by atoms with Crippen LogP contribution in [-0.4, -0.2) is 19.7 Å². The summed E-state index contributed by atoms with van der Waals surface area (Å²) < 4.78 is 1.50. The average Bonchev–Trinajstić information content (AvgIpc) is 2.79. The lowest BCUT2D eigenvalue weighted by Gasteiger charge is -2.14. The zero-order valence-corrected chi connectivity index (χ0v) is 17.0. The summed E-state index contributed by atoms with van der Waals surface area (Å²) in [4.78, 5) is 21.1. The van der Waals surface area contributed by atoms with Gasteiger partial charge in [0.05, 0.1) is 17.4 Å². The van der Waals surface area contributed by atoms with Crippen molar-refractivity contribution in [1.82, 2.24) is 19.7 Å². The molecule has 0 aliphatic carbocycles. The molecule has 6 heteroatoms. The molecule has 0 spiro atoms. The average molecular weight is 397 g/mol. The summed E-state index contributed by atoms with van der Waals surface area (Å²) in [6, 6.07) is 21.2. The van der Waals surface area contributed by atoms with Gasteiger partial charge in [0.15, 0.2) is 0 Å². The lowest BCUT2D eigenvalue weighted by Crippen LogP contribution is -2.24. The third-order valence-corrected chi connectivity index (χ3v) is 4.76. The molecule has 0 amide bonds. The van der Waals surface area contributed by atoms with Crippen LogP contribution >= 0.6 is 0 Å². The van der Waals surface area contributed by atoms with E-state index in [1.54, 1.807) is 24.5 Å². The van der Waals surface area contributed by atoms with Gasteiger partial charge in [-0.3, -0.25) is 9.78 Å². The number of nitrogens with one attached hydrogen (secondary N) is 1. The third kappa shape index (κ3) is 4.27. The van der Waals surface area contributed by atoms with Crippen LogP contribution in [0.4, 0.5) is 5.82 Å². The highest BCUT2D eigenvalue weighted by Gasteiger charge is 2.14. The van der Waals surface area contributed by atoms with E-state index in [0.717, 1.165) is 33.9 Å². The topological polar surface area (TPSA) is 72.7 Å². The highest BCUT2D eigenvalue weighted by molar-refractivity contribution is 5.80. The minimum Gasteiger partial charge on any atom is -0.366 e. The molecule has 3 heterocycles. The lowest BCUT2D eigenvalue weighted by molar-refractivity contribution is 0.505. The summed E-state index contributed by atoms with van der Waals surface area (Å²) >= 11 is 0. The number of pyridine rings is 2. The SMILES string of the molecule is CC(C)n1nc(-c2ccc(NCc3ccncc3)nc2-c2ccccc2)ccc1=O. The molecule has 0 atom stereocenters. The normalized spacial score (nSPS) is 10.9. The predicted octanol–water partition coefficient (Wildman–Crippen LogP) is 4.56. The Hall–Kier alpha value is -3.80. The first-order valence-corrected chi connectivity index (χ1v) is 9.91. The van der Waals surface area contributed by atoms with E-state index in [1.807, 2.05) is 68.4 Å². The molecule has 0 radical (unpaired) electrons. The second-order valence-corrected chi connectivity index (χ2v) is 7.26. The van der Waals surface area contributed by atoms with Crippen molar-refractivity contribution < 1.29 is 0 Å². The van der Waals surface area contributed by atoms with E-state index in [-0.39, 0.29) is 11.6 Å².